The normalized spacial score (nSPS) is 11.0. The third-order valence-corrected chi connectivity index (χ3v) is 3.31. The van der Waals surface area contributed by atoms with Crippen LogP contribution in [-0.4, -0.2) is 30.9 Å². The average molecular weight is 294 g/mol. The van der Waals surface area contributed by atoms with E-state index in [1.807, 2.05) is 54.6 Å². The maximum absolute atomic E-state index is 11.7. The summed E-state index contributed by atoms with van der Waals surface area (Å²) in [6.45, 7) is 2.34. The van der Waals surface area contributed by atoms with Crippen molar-refractivity contribution < 1.29 is 4.79 Å². The predicted molar refractivity (Wildman–Crippen MR) is 91.3 cm³/mol. The van der Waals surface area contributed by atoms with Gasteiger partial charge in [0.2, 0.25) is 5.91 Å². The fourth-order valence-corrected chi connectivity index (χ4v) is 2.14. The monoisotopic (exact) mass is 294 g/mol. The Balaban J connectivity index is 1.67. The van der Waals surface area contributed by atoms with E-state index in [1.165, 1.54) is 5.56 Å². The number of nitrogens with one attached hydrogen (secondary N) is 1. The van der Waals surface area contributed by atoms with Gasteiger partial charge in [0, 0.05) is 25.7 Å². The first-order chi connectivity index (χ1) is 10.7. The first kappa shape index (κ1) is 16.0. The predicted octanol–water partition coefficient (Wildman–Crippen LogP) is 2.95. The molecule has 0 radical (unpaired) electrons. The highest BCUT2D eigenvalue weighted by molar-refractivity contribution is 5.91. The van der Waals surface area contributed by atoms with E-state index in [9.17, 15) is 4.79 Å². The lowest BCUT2D eigenvalue weighted by atomic mass is 10.2. The van der Waals surface area contributed by atoms with Gasteiger partial charge in [0.1, 0.15) is 0 Å². The minimum Gasteiger partial charge on any atom is -0.351 e. The van der Waals surface area contributed by atoms with Gasteiger partial charge >= 0.3 is 0 Å². The summed E-state index contributed by atoms with van der Waals surface area (Å²) in [6, 6.07) is 20.1. The van der Waals surface area contributed by atoms with Crippen molar-refractivity contribution in [2.45, 2.75) is 6.54 Å². The van der Waals surface area contributed by atoms with E-state index in [1.54, 1.807) is 6.08 Å². The standard InChI is InChI=1S/C19H22N2O/c1-21(16-18-10-6-3-7-11-18)15-14-20-19(22)13-12-17-8-4-2-5-9-17/h2-13H,14-16H2,1H3,(H,20,22)/b13-12+. The quantitative estimate of drug-likeness (QED) is 0.796. The Labute approximate surface area is 132 Å². The number of benzene rings is 2. The van der Waals surface area contributed by atoms with E-state index < -0.39 is 0 Å². The van der Waals surface area contributed by atoms with Crippen LogP contribution in [0.25, 0.3) is 6.08 Å². The first-order valence-corrected chi connectivity index (χ1v) is 7.47. The molecule has 0 heterocycles. The fourth-order valence-electron chi connectivity index (χ4n) is 2.14. The van der Waals surface area contributed by atoms with Gasteiger partial charge in [-0.15, -0.1) is 0 Å². The van der Waals surface area contributed by atoms with Crippen molar-refractivity contribution >= 4 is 12.0 Å². The number of carbonyl (C=O) groups is 1. The van der Waals surface area contributed by atoms with Crippen molar-refractivity contribution in [2.24, 2.45) is 0 Å². The van der Waals surface area contributed by atoms with E-state index >= 15 is 0 Å². The third kappa shape index (κ3) is 5.94. The van der Waals surface area contributed by atoms with Crippen molar-refractivity contribution in [1.29, 1.82) is 0 Å². The van der Waals surface area contributed by atoms with Gasteiger partial charge in [0.05, 0.1) is 0 Å². The molecule has 3 heteroatoms. The van der Waals surface area contributed by atoms with Crippen LogP contribution in [0.4, 0.5) is 0 Å². The van der Waals surface area contributed by atoms with Crippen molar-refractivity contribution in [3.63, 3.8) is 0 Å². The molecule has 0 atom stereocenters. The zero-order valence-electron chi connectivity index (χ0n) is 12.9. The number of nitrogens with zero attached hydrogens (tertiary/aromatic N) is 1. The van der Waals surface area contributed by atoms with E-state index in [0.29, 0.717) is 6.54 Å². The Bertz CT molecular complexity index is 593. The summed E-state index contributed by atoms with van der Waals surface area (Å²) >= 11 is 0. The summed E-state index contributed by atoms with van der Waals surface area (Å²) in [7, 11) is 2.05. The van der Waals surface area contributed by atoms with Gasteiger partial charge in [0.25, 0.3) is 0 Å². The molecule has 3 nitrogen and oxygen atoms in total. The number of likely N-dealkylation sites (N-methyl/N-ethyl adjacent to an activating group) is 1. The molecule has 0 aromatic heterocycles. The fraction of sp³-hybridized carbons (Fsp3) is 0.211. The van der Waals surface area contributed by atoms with Gasteiger partial charge in [-0.05, 0) is 24.3 Å². The molecule has 114 valence electrons. The van der Waals surface area contributed by atoms with Crippen LogP contribution in [0.2, 0.25) is 0 Å². The number of hydrogen-bond acceptors (Lipinski definition) is 2. The summed E-state index contributed by atoms with van der Waals surface area (Å²) in [6.07, 6.45) is 3.40. The van der Waals surface area contributed by atoms with Crippen LogP contribution in [0.15, 0.2) is 66.7 Å². The zero-order chi connectivity index (χ0) is 15.6. The van der Waals surface area contributed by atoms with Gasteiger partial charge in [-0.2, -0.15) is 0 Å². The Morgan fingerprint density at radius 2 is 1.68 bits per heavy atom. The van der Waals surface area contributed by atoms with Gasteiger partial charge in [-0.3, -0.25) is 4.79 Å². The van der Waals surface area contributed by atoms with Gasteiger partial charge in [0.15, 0.2) is 0 Å². The van der Waals surface area contributed by atoms with E-state index in [-0.39, 0.29) is 5.91 Å². The molecule has 2 aromatic rings. The molecular weight excluding hydrogens is 272 g/mol. The van der Waals surface area contributed by atoms with Crippen LogP contribution in [0.1, 0.15) is 11.1 Å². The number of hydrogen-bond donors (Lipinski definition) is 1. The molecule has 1 N–H and O–H groups in total. The zero-order valence-corrected chi connectivity index (χ0v) is 12.9. The van der Waals surface area contributed by atoms with Gasteiger partial charge in [-0.25, -0.2) is 0 Å². The summed E-state index contributed by atoms with van der Waals surface area (Å²) < 4.78 is 0. The highest BCUT2D eigenvalue weighted by atomic mass is 16.1. The summed E-state index contributed by atoms with van der Waals surface area (Å²) in [5.41, 5.74) is 2.30. The Hall–Kier alpha value is -2.39. The van der Waals surface area contributed by atoms with Crippen LogP contribution < -0.4 is 5.32 Å². The maximum atomic E-state index is 11.7. The highest BCUT2D eigenvalue weighted by Crippen LogP contribution is 2.02. The van der Waals surface area contributed by atoms with E-state index in [0.717, 1.165) is 18.7 Å². The molecule has 0 saturated carbocycles. The molecule has 0 aliphatic carbocycles. The molecule has 0 fully saturated rings. The topological polar surface area (TPSA) is 32.3 Å². The van der Waals surface area contributed by atoms with Crippen molar-refractivity contribution in [3.05, 3.63) is 77.9 Å². The van der Waals surface area contributed by atoms with Crippen molar-refractivity contribution in [2.75, 3.05) is 20.1 Å². The smallest absolute Gasteiger partial charge is 0.244 e. The summed E-state index contributed by atoms with van der Waals surface area (Å²) in [5.74, 6) is -0.0584. The Kier molecular flexibility index (Phi) is 6.39. The Morgan fingerprint density at radius 3 is 2.36 bits per heavy atom. The van der Waals surface area contributed by atoms with Crippen LogP contribution in [0, 0.1) is 0 Å². The van der Waals surface area contributed by atoms with E-state index in [4.69, 9.17) is 0 Å². The molecule has 0 unspecified atom stereocenters. The van der Waals surface area contributed by atoms with E-state index in [2.05, 4.69) is 29.4 Å². The molecule has 2 rings (SSSR count). The Morgan fingerprint density at radius 1 is 1.05 bits per heavy atom. The minimum atomic E-state index is -0.0584. The van der Waals surface area contributed by atoms with Crippen molar-refractivity contribution in [3.8, 4) is 0 Å². The van der Waals surface area contributed by atoms with Crippen molar-refractivity contribution in [1.82, 2.24) is 10.2 Å². The van der Waals surface area contributed by atoms with Gasteiger partial charge < -0.3 is 10.2 Å². The largest absolute Gasteiger partial charge is 0.351 e. The molecule has 22 heavy (non-hydrogen) atoms. The molecule has 0 aliphatic heterocycles. The SMILES string of the molecule is CN(CCNC(=O)/C=C/c1ccccc1)Cc1ccccc1. The van der Waals surface area contributed by atoms with Crippen LogP contribution in [0.5, 0.6) is 0 Å². The third-order valence-electron chi connectivity index (χ3n) is 3.31. The lowest BCUT2D eigenvalue weighted by Gasteiger charge is -2.16. The highest BCUT2D eigenvalue weighted by Gasteiger charge is 2.01. The van der Waals surface area contributed by atoms with Crippen LogP contribution >= 0.6 is 0 Å². The average Bonchev–Trinajstić information content (AvgIpc) is 2.55. The second kappa shape index (κ2) is 8.80. The summed E-state index contributed by atoms with van der Waals surface area (Å²) in [4.78, 5) is 13.9. The molecular formula is C19H22N2O. The second-order valence-corrected chi connectivity index (χ2v) is 5.26. The molecule has 0 saturated heterocycles. The van der Waals surface area contributed by atoms with Gasteiger partial charge in [-0.1, -0.05) is 60.7 Å². The molecule has 1 amide bonds. The number of rotatable bonds is 7. The first-order valence-electron chi connectivity index (χ1n) is 7.47. The lowest BCUT2D eigenvalue weighted by Crippen LogP contribution is -2.31. The lowest BCUT2D eigenvalue weighted by molar-refractivity contribution is -0.116. The van der Waals surface area contributed by atoms with Crippen LogP contribution in [-0.2, 0) is 11.3 Å². The van der Waals surface area contributed by atoms with Crippen LogP contribution in [0.3, 0.4) is 0 Å². The molecule has 0 spiro atoms. The molecule has 0 bridgehead atoms. The molecule has 0 aliphatic rings. The number of amides is 1. The second-order valence-electron chi connectivity index (χ2n) is 5.26. The minimum absolute atomic E-state index is 0.0584. The summed E-state index contributed by atoms with van der Waals surface area (Å²) in [5, 5.41) is 2.90. The number of carbonyl (C=O) groups excluding carboxylic acids is 1. The maximum Gasteiger partial charge on any atom is 0.244 e. The molecule has 2 aromatic carbocycles.